The van der Waals surface area contributed by atoms with E-state index in [9.17, 15) is 9.59 Å². The van der Waals surface area contributed by atoms with Crippen molar-refractivity contribution >= 4 is 46.7 Å². The number of benzene rings is 2. The number of aliphatic imine (C=N–C) groups is 1. The van der Waals surface area contributed by atoms with Crippen molar-refractivity contribution in [1.29, 1.82) is 0 Å². The van der Waals surface area contributed by atoms with Crippen LogP contribution in [-0.2, 0) is 9.59 Å². The lowest BCUT2D eigenvalue weighted by molar-refractivity contribution is -0.130. The van der Waals surface area contributed by atoms with Crippen LogP contribution >= 0.6 is 12.2 Å². The third-order valence-electron chi connectivity index (χ3n) is 4.42. The fourth-order valence-electron chi connectivity index (χ4n) is 2.91. The molecule has 1 aliphatic rings. The summed E-state index contributed by atoms with van der Waals surface area (Å²) in [5, 5.41) is 2.69. The van der Waals surface area contributed by atoms with Crippen molar-refractivity contribution < 1.29 is 9.59 Å². The number of nitrogens with one attached hydrogen (secondary N) is 1. The number of nitrogens with zero attached hydrogens (tertiary/aromatic N) is 2. The maximum Gasteiger partial charge on any atom is 0.251 e. The molecule has 27 heavy (non-hydrogen) atoms. The van der Waals surface area contributed by atoms with E-state index in [1.54, 1.807) is 12.1 Å². The monoisotopic (exact) mass is 379 g/mol. The van der Waals surface area contributed by atoms with Gasteiger partial charge in [-0.25, -0.2) is 0 Å². The Hall–Kier alpha value is -2.86. The Morgan fingerprint density at radius 3 is 2.44 bits per heavy atom. The Kier molecular flexibility index (Phi) is 5.46. The van der Waals surface area contributed by atoms with Gasteiger partial charge in [-0.05, 0) is 48.8 Å². The average molecular weight is 379 g/mol. The lowest BCUT2D eigenvalue weighted by atomic mass is 10.0. The Bertz CT molecular complexity index is 919. The molecule has 1 fully saturated rings. The molecule has 6 heteroatoms. The normalized spacial score (nSPS) is 17.7. The van der Waals surface area contributed by atoms with Crippen LogP contribution in [0.5, 0.6) is 0 Å². The smallest absolute Gasteiger partial charge is 0.251 e. The van der Waals surface area contributed by atoms with E-state index in [2.05, 4.69) is 24.2 Å². The molecule has 1 N–H and O–H groups in total. The number of carbonyl (C=O) groups is 2. The molecule has 138 valence electrons. The fraction of sp³-hybridized carbons (Fsp3) is 0.238. The second-order valence-electron chi connectivity index (χ2n) is 6.77. The first kappa shape index (κ1) is 18.9. The van der Waals surface area contributed by atoms with Crippen LogP contribution in [0.1, 0.15) is 30.9 Å². The zero-order chi connectivity index (χ0) is 19.6. The summed E-state index contributed by atoms with van der Waals surface area (Å²) in [6.45, 7) is 6.11. The Labute approximate surface area is 164 Å². The molecule has 3 rings (SSSR count). The number of aryl methyl sites for hydroxylation is 1. The number of carbonyl (C=O) groups excluding carboxylic acids is 2. The highest BCUT2D eigenvalue weighted by Gasteiger charge is 2.38. The highest BCUT2D eigenvalue weighted by atomic mass is 32.1. The fourth-order valence-corrected chi connectivity index (χ4v) is 3.20. The summed E-state index contributed by atoms with van der Waals surface area (Å²) in [4.78, 5) is 31.1. The van der Waals surface area contributed by atoms with Gasteiger partial charge in [0.25, 0.3) is 5.91 Å². The van der Waals surface area contributed by atoms with E-state index in [0.29, 0.717) is 5.69 Å². The standard InChI is InChI=1S/C21H21N3O2S/c1-13(2)16-6-4-5-7-18(16)22-12-17-19(25)23-21(27)24(20(17)26)15-10-8-14(3)9-11-15/h4-13,17H,1-3H3,(H,23,25,27)/t17-/m1/s1. The highest BCUT2D eigenvalue weighted by molar-refractivity contribution is 7.80. The Balaban J connectivity index is 1.91. The van der Waals surface area contributed by atoms with Gasteiger partial charge in [-0.2, -0.15) is 0 Å². The van der Waals surface area contributed by atoms with Crippen molar-refractivity contribution in [3.63, 3.8) is 0 Å². The second-order valence-corrected chi connectivity index (χ2v) is 7.16. The number of para-hydroxylation sites is 1. The molecule has 0 radical (unpaired) electrons. The molecule has 5 nitrogen and oxygen atoms in total. The summed E-state index contributed by atoms with van der Waals surface area (Å²) < 4.78 is 0. The van der Waals surface area contributed by atoms with Crippen LogP contribution < -0.4 is 10.2 Å². The quantitative estimate of drug-likeness (QED) is 0.498. The largest absolute Gasteiger partial charge is 0.301 e. The van der Waals surface area contributed by atoms with Crippen molar-refractivity contribution in [3.8, 4) is 0 Å². The van der Waals surface area contributed by atoms with Crippen LogP contribution in [0.3, 0.4) is 0 Å². The summed E-state index contributed by atoms with van der Waals surface area (Å²) in [6.07, 6.45) is 1.40. The summed E-state index contributed by atoms with van der Waals surface area (Å²) in [5.41, 5.74) is 3.50. The minimum atomic E-state index is -1.03. The van der Waals surface area contributed by atoms with Gasteiger partial charge in [0.05, 0.1) is 11.4 Å². The van der Waals surface area contributed by atoms with E-state index in [4.69, 9.17) is 12.2 Å². The van der Waals surface area contributed by atoms with Crippen molar-refractivity contribution in [2.45, 2.75) is 26.7 Å². The minimum absolute atomic E-state index is 0.0843. The molecule has 0 aliphatic carbocycles. The van der Waals surface area contributed by atoms with Crippen LogP contribution in [0.2, 0.25) is 0 Å². The van der Waals surface area contributed by atoms with Gasteiger partial charge in [0.15, 0.2) is 11.0 Å². The van der Waals surface area contributed by atoms with Crippen LogP contribution in [-0.4, -0.2) is 23.1 Å². The van der Waals surface area contributed by atoms with E-state index < -0.39 is 17.7 Å². The molecule has 2 amide bonds. The molecule has 0 saturated carbocycles. The van der Waals surface area contributed by atoms with Crippen LogP contribution in [0.15, 0.2) is 53.5 Å². The Morgan fingerprint density at radius 1 is 1.11 bits per heavy atom. The molecule has 1 atom stereocenters. The highest BCUT2D eigenvalue weighted by Crippen LogP contribution is 2.27. The number of hydrogen-bond acceptors (Lipinski definition) is 4. The van der Waals surface area contributed by atoms with Gasteiger partial charge in [-0.15, -0.1) is 0 Å². The molecule has 2 aromatic carbocycles. The third kappa shape index (κ3) is 3.95. The van der Waals surface area contributed by atoms with E-state index in [1.165, 1.54) is 11.1 Å². The molecular formula is C21H21N3O2S. The Morgan fingerprint density at radius 2 is 1.78 bits per heavy atom. The van der Waals surface area contributed by atoms with Crippen LogP contribution in [0, 0.1) is 12.8 Å². The summed E-state index contributed by atoms with van der Waals surface area (Å²) in [6, 6.07) is 15.1. The molecule has 0 unspecified atom stereocenters. The molecule has 1 heterocycles. The number of thiocarbonyl (C=S) groups is 1. The molecular weight excluding hydrogens is 358 g/mol. The molecule has 2 aromatic rings. The predicted octanol–water partition coefficient (Wildman–Crippen LogP) is 3.88. The summed E-state index contributed by atoms with van der Waals surface area (Å²) >= 11 is 5.21. The van der Waals surface area contributed by atoms with Crippen molar-refractivity contribution in [1.82, 2.24) is 5.32 Å². The van der Waals surface area contributed by atoms with Gasteiger partial charge in [-0.1, -0.05) is 49.7 Å². The van der Waals surface area contributed by atoms with E-state index in [1.807, 2.05) is 43.3 Å². The van der Waals surface area contributed by atoms with Gasteiger partial charge in [0.2, 0.25) is 5.91 Å². The van der Waals surface area contributed by atoms with Crippen molar-refractivity contribution in [2.24, 2.45) is 10.9 Å². The van der Waals surface area contributed by atoms with Gasteiger partial charge in [0, 0.05) is 6.21 Å². The lowest BCUT2D eigenvalue weighted by Crippen LogP contribution is -2.58. The van der Waals surface area contributed by atoms with Crippen LogP contribution in [0.25, 0.3) is 0 Å². The van der Waals surface area contributed by atoms with Crippen molar-refractivity contribution in [3.05, 3.63) is 59.7 Å². The predicted molar refractivity (Wildman–Crippen MR) is 112 cm³/mol. The van der Waals surface area contributed by atoms with Gasteiger partial charge in [0.1, 0.15) is 0 Å². The van der Waals surface area contributed by atoms with Gasteiger partial charge in [-0.3, -0.25) is 19.5 Å². The molecule has 0 spiro atoms. The zero-order valence-corrected chi connectivity index (χ0v) is 16.3. The second kappa shape index (κ2) is 7.80. The number of amides is 2. The van der Waals surface area contributed by atoms with Crippen LogP contribution in [0.4, 0.5) is 11.4 Å². The maximum absolute atomic E-state index is 13.0. The maximum atomic E-state index is 13.0. The van der Waals surface area contributed by atoms with Gasteiger partial charge < -0.3 is 5.32 Å². The minimum Gasteiger partial charge on any atom is -0.301 e. The first-order valence-electron chi connectivity index (χ1n) is 8.77. The van der Waals surface area contributed by atoms with Gasteiger partial charge >= 0.3 is 0 Å². The molecule has 0 aromatic heterocycles. The average Bonchev–Trinajstić information content (AvgIpc) is 2.63. The SMILES string of the molecule is Cc1ccc(N2C(=O)[C@H](C=Nc3ccccc3C(C)C)C(=O)NC2=S)cc1. The van der Waals surface area contributed by atoms with E-state index >= 15 is 0 Å². The first-order valence-corrected chi connectivity index (χ1v) is 9.18. The van der Waals surface area contributed by atoms with E-state index in [-0.39, 0.29) is 11.0 Å². The lowest BCUT2D eigenvalue weighted by Gasteiger charge is -2.31. The first-order chi connectivity index (χ1) is 12.9. The molecule has 1 saturated heterocycles. The topological polar surface area (TPSA) is 61.8 Å². The molecule has 1 aliphatic heterocycles. The summed E-state index contributed by atoms with van der Waals surface area (Å²) in [5.74, 6) is -1.61. The number of rotatable bonds is 4. The summed E-state index contributed by atoms with van der Waals surface area (Å²) in [7, 11) is 0. The number of hydrogen-bond donors (Lipinski definition) is 1. The third-order valence-corrected chi connectivity index (χ3v) is 4.70. The zero-order valence-electron chi connectivity index (χ0n) is 15.5. The number of anilines is 1. The van der Waals surface area contributed by atoms with E-state index in [0.717, 1.165) is 16.8 Å². The molecule has 0 bridgehead atoms. The van der Waals surface area contributed by atoms with Crippen molar-refractivity contribution in [2.75, 3.05) is 4.90 Å².